The molecule has 0 saturated heterocycles. The number of methoxy groups -OCH3 is 1. The fraction of sp³-hybridized carbons (Fsp3) is 0.0526. The van der Waals surface area contributed by atoms with Gasteiger partial charge in [0.25, 0.3) is 0 Å². The summed E-state index contributed by atoms with van der Waals surface area (Å²) < 4.78 is 11.0. The first-order valence-corrected chi connectivity index (χ1v) is 7.26. The van der Waals surface area contributed by atoms with Gasteiger partial charge >= 0.3 is 11.9 Å². The average Bonchev–Trinajstić information content (AvgIpc) is 2.60. The maximum Gasteiger partial charge on any atom is 0.328 e. The van der Waals surface area contributed by atoms with Crippen molar-refractivity contribution < 1.29 is 29.3 Å². The fourth-order valence-electron chi connectivity index (χ4n) is 1.98. The molecule has 2 N–H and O–H groups in total. The minimum Gasteiger partial charge on any atom is -0.493 e. The van der Waals surface area contributed by atoms with Gasteiger partial charge in [-0.2, -0.15) is 0 Å². The van der Waals surface area contributed by atoms with Crippen molar-refractivity contribution in [2.45, 2.75) is 0 Å². The van der Waals surface area contributed by atoms with Gasteiger partial charge in [0.05, 0.1) is 7.11 Å². The molecule has 25 heavy (non-hydrogen) atoms. The zero-order chi connectivity index (χ0) is 18.2. The average molecular weight is 340 g/mol. The third-order valence-corrected chi connectivity index (χ3v) is 3.13. The second kappa shape index (κ2) is 8.35. The number of hydrogen-bond donors (Lipinski definition) is 2. The molecular weight excluding hydrogens is 324 g/mol. The van der Waals surface area contributed by atoms with Crippen LogP contribution in [0.5, 0.6) is 17.2 Å². The fourth-order valence-corrected chi connectivity index (χ4v) is 1.98. The van der Waals surface area contributed by atoms with E-state index in [9.17, 15) is 9.59 Å². The SMILES string of the molecule is COc1cc(/C=C/C(=O)O)ccc1Oc1ccc(/C=C/C(=O)O)cc1. The number of rotatable bonds is 7. The Hall–Kier alpha value is -3.54. The Bertz CT molecular complexity index is 818. The number of carbonyl (C=O) groups is 2. The van der Waals surface area contributed by atoms with Crippen LogP contribution in [0.15, 0.2) is 54.6 Å². The summed E-state index contributed by atoms with van der Waals surface area (Å²) in [7, 11) is 1.49. The first-order valence-electron chi connectivity index (χ1n) is 7.26. The molecule has 0 aromatic heterocycles. The molecule has 2 rings (SSSR count). The Morgan fingerprint density at radius 1 is 0.840 bits per heavy atom. The van der Waals surface area contributed by atoms with E-state index >= 15 is 0 Å². The van der Waals surface area contributed by atoms with Crippen LogP contribution in [0.1, 0.15) is 11.1 Å². The van der Waals surface area contributed by atoms with Gasteiger partial charge < -0.3 is 19.7 Å². The van der Waals surface area contributed by atoms with Gasteiger partial charge in [0.15, 0.2) is 11.5 Å². The highest BCUT2D eigenvalue weighted by atomic mass is 16.5. The molecule has 0 aliphatic carbocycles. The summed E-state index contributed by atoms with van der Waals surface area (Å²) in [6.45, 7) is 0. The van der Waals surface area contributed by atoms with Gasteiger partial charge in [-0.15, -0.1) is 0 Å². The van der Waals surface area contributed by atoms with Crippen LogP contribution in [-0.4, -0.2) is 29.3 Å². The van der Waals surface area contributed by atoms with Crippen molar-refractivity contribution in [3.8, 4) is 17.2 Å². The van der Waals surface area contributed by atoms with E-state index in [1.165, 1.54) is 19.3 Å². The van der Waals surface area contributed by atoms with Gasteiger partial charge in [0, 0.05) is 12.2 Å². The van der Waals surface area contributed by atoms with Gasteiger partial charge in [0.1, 0.15) is 5.75 Å². The van der Waals surface area contributed by atoms with E-state index < -0.39 is 11.9 Å². The third-order valence-electron chi connectivity index (χ3n) is 3.13. The molecule has 0 spiro atoms. The molecule has 0 fully saturated rings. The van der Waals surface area contributed by atoms with E-state index in [0.717, 1.165) is 17.7 Å². The van der Waals surface area contributed by atoms with E-state index in [-0.39, 0.29) is 0 Å². The molecule has 0 aliphatic heterocycles. The smallest absolute Gasteiger partial charge is 0.328 e. The first kappa shape index (κ1) is 17.8. The minimum absolute atomic E-state index is 0.461. The van der Waals surface area contributed by atoms with Gasteiger partial charge in [-0.25, -0.2) is 9.59 Å². The van der Waals surface area contributed by atoms with Crippen LogP contribution in [-0.2, 0) is 9.59 Å². The van der Waals surface area contributed by atoms with E-state index in [0.29, 0.717) is 22.8 Å². The minimum atomic E-state index is -1.03. The summed E-state index contributed by atoms with van der Waals surface area (Å²) in [4.78, 5) is 21.1. The van der Waals surface area contributed by atoms with Crippen LogP contribution in [0.4, 0.5) is 0 Å². The lowest BCUT2D eigenvalue weighted by Gasteiger charge is -2.11. The van der Waals surface area contributed by atoms with Crippen molar-refractivity contribution in [2.75, 3.05) is 7.11 Å². The van der Waals surface area contributed by atoms with Crippen LogP contribution in [0.3, 0.4) is 0 Å². The molecule has 0 atom stereocenters. The molecular formula is C19H16O6. The van der Waals surface area contributed by atoms with Crippen LogP contribution < -0.4 is 9.47 Å². The Labute approximate surface area is 144 Å². The Balaban J connectivity index is 2.16. The Morgan fingerprint density at radius 3 is 1.96 bits per heavy atom. The van der Waals surface area contributed by atoms with Gasteiger partial charge in [0.2, 0.25) is 0 Å². The summed E-state index contributed by atoms with van der Waals surface area (Å²) in [5.74, 6) is -0.552. The summed E-state index contributed by atoms with van der Waals surface area (Å²) >= 11 is 0. The summed E-state index contributed by atoms with van der Waals surface area (Å²) in [5, 5.41) is 17.3. The standard InChI is InChI=1S/C19H16O6/c1-24-17-12-14(6-11-19(22)23)4-9-16(17)25-15-7-2-13(3-8-15)5-10-18(20)21/h2-12H,1H3,(H,20,21)(H,22,23)/b10-5+,11-6+. The molecule has 0 amide bonds. The van der Waals surface area contributed by atoms with E-state index in [1.807, 2.05) is 0 Å². The highest BCUT2D eigenvalue weighted by Crippen LogP contribution is 2.32. The first-order chi connectivity index (χ1) is 12.0. The monoisotopic (exact) mass is 340 g/mol. The second-order valence-electron chi connectivity index (χ2n) is 4.92. The van der Waals surface area contributed by atoms with Crippen LogP contribution in [0.25, 0.3) is 12.2 Å². The number of ether oxygens (including phenoxy) is 2. The van der Waals surface area contributed by atoms with Gasteiger partial charge in [-0.1, -0.05) is 18.2 Å². The lowest BCUT2D eigenvalue weighted by molar-refractivity contribution is -0.132. The largest absolute Gasteiger partial charge is 0.493 e. The summed E-state index contributed by atoms with van der Waals surface area (Å²) in [6, 6.07) is 11.9. The van der Waals surface area contributed by atoms with Crippen molar-refractivity contribution >= 4 is 24.1 Å². The number of benzene rings is 2. The molecule has 0 radical (unpaired) electrons. The predicted molar refractivity (Wildman–Crippen MR) is 92.8 cm³/mol. The second-order valence-corrected chi connectivity index (χ2v) is 4.92. The maximum atomic E-state index is 10.6. The predicted octanol–water partition coefficient (Wildman–Crippen LogP) is 3.68. The lowest BCUT2D eigenvalue weighted by Crippen LogP contribution is -1.92. The van der Waals surface area contributed by atoms with Gasteiger partial charge in [-0.05, 0) is 47.5 Å². The highest BCUT2D eigenvalue weighted by Gasteiger charge is 2.06. The van der Waals surface area contributed by atoms with Crippen molar-refractivity contribution in [2.24, 2.45) is 0 Å². The molecule has 6 nitrogen and oxygen atoms in total. The van der Waals surface area contributed by atoms with Crippen molar-refractivity contribution in [3.05, 3.63) is 65.7 Å². The molecule has 0 heterocycles. The molecule has 0 saturated carbocycles. The zero-order valence-corrected chi connectivity index (χ0v) is 13.4. The highest BCUT2D eigenvalue weighted by molar-refractivity contribution is 5.85. The number of aliphatic carboxylic acids is 2. The van der Waals surface area contributed by atoms with E-state index in [2.05, 4.69) is 0 Å². The Kier molecular flexibility index (Phi) is 5.95. The van der Waals surface area contributed by atoms with Crippen LogP contribution >= 0.6 is 0 Å². The number of carboxylic acids is 2. The molecule has 0 unspecified atom stereocenters. The molecule has 0 aliphatic rings. The summed E-state index contributed by atoms with van der Waals surface area (Å²) in [5.41, 5.74) is 1.40. The lowest BCUT2D eigenvalue weighted by atomic mass is 10.2. The summed E-state index contributed by atoms with van der Waals surface area (Å²) in [6.07, 6.45) is 5.04. The van der Waals surface area contributed by atoms with Gasteiger partial charge in [-0.3, -0.25) is 0 Å². The van der Waals surface area contributed by atoms with Crippen molar-refractivity contribution in [3.63, 3.8) is 0 Å². The van der Waals surface area contributed by atoms with Crippen LogP contribution in [0, 0.1) is 0 Å². The molecule has 6 heteroatoms. The quantitative estimate of drug-likeness (QED) is 0.747. The topological polar surface area (TPSA) is 93.1 Å². The van der Waals surface area contributed by atoms with Crippen LogP contribution in [0.2, 0.25) is 0 Å². The zero-order valence-electron chi connectivity index (χ0n) is 13.4. The van der Waals surface area contributed by atoms with E-state index in [1.54, 1.807) is 42.5 Å². The normalized spacial score (nSPS) is 10.9. The van der Waals surface area contributed by atoms with E-state index in [4.69, 9.17) is 19.7 Å². The molecule has 2 aromatic carbocycles. The maximum absolute atomic E-state index is 10.6. The van der Waals surface area contributed by atoms with Crippen molar-refractivity contribution in [1.82, 2.24) is 0 Å². The molecule has 0 bridgehead atoms. The number of hydrogen-bond acceptors (Lipinski definition) is 4. The molecule has 2 aromatic rings. The molecule has 128 valence electrons. The Morgan fingerprint density at radius 2 is 1.40 bits per heavy atom. The van der Waals surface area contributed by atoms with Crippen molar-refractivity contribution in [1.29, 1.82) is 0 Å². The third kappa shape index (κ3) is 5.54. The number of carboxylic acid groups (broad SMARTS) is 2.